The molecular formula is C14H12N2O4S. The molecule has 0 saturated heterocycles. The molecule has 2 aromatic rings. The molecule has 3 rings (SSSR count). The van der Waals surface area contributed by atoms with E-state index in [1.807, 2.05) is 0 Å². The number of hydrazone groups is 1. The van der Waals surface area contributed by atoms with Crippen molar-refractivity contribution in [3.05, 3.63) is 54.1 Å². The minimum absolute atomic E-state index is 0.160. The zero-order valence-corrected chi connectivity index (χ0v) is 11.7. The van der Waals surface area contributed by atoms with Gasteiger partial charge in [-0.15, -0.1) is 0 Å². The highest BCUT2D eigenvalue weighted by Crippen LogP contribution is 2.31. The van der Waals surface area contributed by atoms with Crippen molar-refractivity contribution in [2.24, 2.45) is 5.10 Å². The summed E-state index contributed by atoms with van der Waals surface area (Å²) in [4.78, 5) is 2.32. The first-order chi connectivity index (χ1) is 10.1. The highest BCUT2D eigenvalue weighted by Gasteiger charge is 2.13. The van der Waals surface area contributed by atoms with Crippen LogP contribution >= 0.6 is 0 Å². The van der Waals surface area contributed by atoms with Gasteiger partial charge >= 0.3 is 0 Å². The molecule has 1 N–H and O–H groups in total. The lowest BCUT2D eigenvalue weighted by Crippen LogP contribution is -2.18. The summed E-state index contributed by atoms with van der Waals surface area (Å²) in [6.07, 6.45) is 1.41. The summed E-state index contributed by atoms with van der Waals surface area (Å²) in [5.74, 6) is 1.28. The lowest BCUT2D eigenvalue weighted by Gasteiger charge is -2.02. The van der Waals surface area contributed by atoms with Gasteiger partial charge in [0.25, 0.3) is 10.0 Å². The van der Waals surface area contributed by atoms with Crippen LogP contribution < -0.4 is 14.3 Å². The molecule has 0 amide bonds. The van der Waals surface area contributed by atoms with Gasteiger partial charge in [-0.1, -0.05) is 18.2 Å². The number of benzene rings is 2. The summed E-state index contributed by atoms with van der Waals surface area (Å²) in [6.45, 7) is 0.191. The third kappa shape index (κ3) is 2.97. The Morgan fingerprint density at radius 2 is 1.81 bits per heavy atom. The predicted molar refractivity (Wildman–Crippen MR) is 76.9 cm³/mol. The molecular weight excluding hydrogens is 292 g/mol. The van der Waals surface area contributed by atoms with E-state index in [0.717, 1.165) is 0 Å². The maximum Gasteiger partial charge on any atom is 0.276 e. The summed E-state index contributed by atoms with van der Waals surface area (Å²) >= 11 is 0. The average molecular weight is 304 g/mol. The molecule has 0 aliphatic carbocycles. The second kappa shape index (κ2) is 5.45. The maximum atomic E-state index is 11.9. The average Bonchev–Trinajstić information content (AvgIpc) is 2.95. The SMILES string of the molecule is O=S(=O)(N/N=C\c1ccc2c(c1)OCO2)c1ccccc1. The van der Waals surface area contributed by atoms with Gasteiger partial charge in [-0.05, 0) is 35.9 Å². The van der Waals surface area contributed by atoms with Crippen LogP contribution in [0.3, 0.4) is 0 Å². The smallest absolute Gasteiger partial charge is 0.276 e. The summed E-state index contributed by atoms with van der Waals surface area (Å²) in [5, 5.41) is 3.76. The molecule has 0 spiro atoms. The van der Waals surface area contributed by atoms with E-state index in [-0.39, 0.29) is 11.7 Å². The first-order valence-electron chi connectivity index (χ1n) is 6.15. The molecule has 1 aliphatic heterocycles. The van der Waals surface area contributed by atoms with Gasteiger partial charge in [0.15, 0.2) is 11.5 Å². The van der Waals surface area contributed by atoms with Crippen LogP contribution in [0, 0.1) is 0 Å². The van der Waals surface area contributed by atoms with Crippen LogP contribution in [0.1, 0.15) is 5.56 Å². The second-order valence-corrected chi connectivity index (χ2v) is 5.94. The van der Waals surface area contributed by atoms with Gasteiger partial charge in [0, 0.05) is 0 Å². The molecule has 108 valence electrons. The van der Waals surface area contributed by atoms with Crippen molar-refractivity contribution in [1.82, 2.24) is 4.83 Å². The Labute approximate surface area is 122 Å². The van der Waals surface area contributed by atoms with Gasteiger partial charge in [-0.3, -0.25) is 0 Å². The van der Waals surface area contributed by atoms with Crippen LogP contribution in [0.4, 0.5) is 0 Å². The standard InChI is InChI=1S/C14H12N2O4S/c17-21(18,12-4-2-1-3-5-12)16-15-9-11-6-7-13-14(8-11)20-10-19-13/h1-9,16H,10H2/b15-9-. The van der Waals surface area contributed by atoms with Crippen molar-refractivity contribution >= 4 is 16.2 Å². The van der Waals surface area contributed by atoms with Gasteiger partial charge in [0.05, 0.1) is 11.1 Å². The predicted octanol–water partition coefficient (Wildman–Crippen LogP) is 1.73. The summed E-state index contributed by atoms with van der Waals surface area (Å²) in [5.41, 5.74) is 0.704. The van der Waals surface area contributed by atoms with Crippen LogP contribution in [0.15, 0.2) is 58.5 Å². The monoisotopic (exact) mass is 304 g/mol. The number of nitrogens with one attached hydrogen (secondary N) is 1. The van der Waals surface area contributed by atoms with Gasteiger partial charge in [0.1, 0.15) is 0 Å². The number of nitrogens with zero attached hydrogens (tertiary/aromatic N) is 1. The Hall–Kier alpha value is -2.54. The van der Waals surface area contributed by atoms with Crippen molar-refractivity contribution in [3.63, 3.8) is 0 Å². The Balaban J connectivity index is 1.73. The van der Waals surface area contributed by atoms with E-state index in [2.05, 4.69) is 9.93 Å². The molecule has 7 heteroatoms. The van der Waals surface area contributed by atoms with E-state index >= 15 is 0 Å². The second-order valence-electron chi connectivity index (χ2n) is 4.28. The molecule has 0 aromatic heterocycles. The summed E-state index contributed by atoms with van der Waals surface area (Å²) in [6, 6.07) is 13.3. The number of fused-ring (bicyclic) bond motifs is 1. The Bertz CT molecular complexity index is 773. The van der Waals surface area contributed by atoms with E-state index in [0.29, 0.717) is 17.1 Å². The number of rotatable bonds is 4. The largest absolute Gasteiger partial charge is 0.454 e. The van der Waals surface area contributed by atoms with Crippen molar-refractivity contribution in [2.45, 2.75) is 4.90 Å². The van der Waals surface area contributed by atoms with Crippen LogP contribution in [-0.2, 0) is 10.0 Å². The molecule has 2 aromatic carbocycles. The number of sulfonamides is 1. The first kappa shape index (κ1) is 13.4. The van der Waals surface area contributed by atoms with E-state index < -0.39 is 10.0 Å². The van der Waals surface area contributed by atoms with E-state index in [1.54, 1.807) is 36.4 Å². The van der Waals surface area contributed by atoms with Crippen LogP contribution in [0.2, 0.25) is 0 Å². The lowest BCUT2D eigenvalue weighted by atomic mass is 10.2. The Morgan fingerprint density at radius 3 is 2.62 bits per heavy atom. The fourth-order valence-corrected chi connectivity index (χ4v) is 2.63. The third-order valence-corrected chi connectivity index (χ3v) is 4.08. The Morgan fingerprint density at radius 1 is 1.05 bits per heavy atom. The zero-order valence-electron chi connectivity index (χ0n) is 10.9. The number of ether oxygens (including phenoxy) is 2. The van der Waals surface area contributed by atoms with E-state index in [1.165, 1.54) is 18.3 Å². The van der Waals surface area contributed by atoms with Crippen molar-refractivity contribution < 1.29 is 17.9 Å². The molecule has 0 bridgehead atoms. The van der Waals surface area contributed by atoms with E-state index in [4.69, 9.17) is 9.47 Å². The molecule has 0 saturated carbocycles. The van der Waals surface area contributed by atoms with Crippen LogP contribution in [0.25, 0.3) is 0 Å². The fourth-order valence-electron chi connectivity index (χ4n) is 1.82. The molecule has 1 heterocycles. The van der Waals surface area contributed by atoms with Crippen molar-refractivity contribution in [1.29, 1.82) is 0 Å². The third-order valence-electron chi connectivity index (χ3n) is 2.84. The normalized spacial score (nSPS) is 13.5. The summed E-state index contributed by atoms with van der Waals surface area (Å²) < 4.78 is 34.3. The fraction of sp³-hybridized carbons (Fsp3) is 0.0714. The molecule has 1 aliphatic rings. The molecule has 0 radical (unpaired) electrons. The maximum absolute atomic E-state index is 11.9. The lowest BCUT2D eigenvalue weighted by molar-refractivity contribution is 0.174. The van der Waals surface area contributed by atoms with Gasteiger partial charge in [-0.25, -0.2) is 4.83 Å². The molecule has 21 heavy (non-hydrogen) atoms. The molecule has 0 fully saturated rings. The first-order valence-corrected chi connectivity index (χ1v) is 7.63. The minimum atomic E-state index is -3.65. The zero-order chi connectivity index (χ0) is 14.7. The van der Waals surface area contributed by atoms with Gasteiger partial charge < -0.3 is 9.47 Å². The number of hydrogen-bond donors (Lipinski definition) is 1. The highest BCUT2D eigenvalue weighted by atomic mass is 32.2. The van der Waals surface area contributed by atoms with Crippen LogP contribution in [0.5, 0.6) is 11.5 Å². The van der Waals surface area contributed by atoms with E-state index in [9.17, 15) is 8.42 Å². The molecule has 0 atom stereocenters. The molecule has 0 unspecified atom stereocenters. The topological polar surface area (TPSA) is 77.0 Å². The van der Waals surface area contributed by atoms with Crippen LogP contribution in [-0.4, -0.2) is 21.4 Å². The van der Waals surface area contributed by atoms with Crippen molar-refractivity contribution in [3.8, 4) is 11.5 Å². The number of hydrogen-bond acceptors (Lipinski definition) is 5. The summed E-state index contributed by atoms with van der Waals surface area (Å²) in [7, 11) is -3.65. The quantitative estimate of drug-likeness (QED) is 0.689. The van der Waals surface area contributed by atoms with Gasteiger partial charge in [-0.2, -0.15) is 13.5 Å². The highest BCUT2D eigenvalue weighted by molar-refractivity contribution is 7.89. The molecule has 6 nitrogen and oxygen atoms in total. The minimum Gasteiger partial charge on any atom is -0.454 e. The van der Waals surface area contributed by atoms with Gasteiger partial charge in [0.2, 0.25) is 6.79 Å². The van der Waals surface area contributed by atoms with Crippen molar-refractivity contribution in [2.75, 3.05) is 6.79 Å². The Kier molecular flexibility index (Phi) is 3.49.